The minimum Gasteiger partial charge on any atom is -0.492 e. The first kappa shape index (κ1) is 26.4. The molecular weight excluding hydrogens is 502 g/mol. The third-order valence-electron chi connectivity index (χ3n) is 6.63. The first-order chi connectivity index (χ1) is 17.3. The number of ether oxygens (including phenoxy) is 1. The van der Waals surface area contributed by atoms with Crippen LogP contribution in [0.2, 0.25) is 5.02 Å². The van der Waals surface area contributed by atoms with Gasteiger partial charge in [0.1, 0.15) is 5.75 Å². The van der Waals surface area contributed by atoms with Gasteiger partial charge in [0.25, 0.3) is 0 Å². The lowest BCUT2D eigenvalue weighted by Crippen LogP contribution is -2.43. The summed E-state index contributed by atoms with van der Waals surface area (Å²) in [6.07, 6.45) is 3.65. The maximum Gasteiger partial charge on any atom is 0.243 e. The lowest BCUT2D eigenvalue weighted by molar-refractivity contribution is -0.129. The second-order valence-corrected chi connectivity index (χ2v) is 11.5. The van der Waals surface area contributed by atoms with Crippen LogP contribution in [0.4, 0.5) is 5.69 Å². The van der Waals surface area contributed by atoms with Crippen molar-refractivity contribution in [3.05, 3.63) is 53.1 Å². The van der Waals surface area contributed by atoms with Crippen LogP contribution in [0, 0.1) is 5.92 Å². The second-order valence-electron chi connectivity index (χ2n) is 9.18. The third kappa shape index (κ3) is 6.19. The van der Waals surface area contributed by atoms with Crippen molar-refractivity contribution in [1.29, 1.82) is 0 Å². The molecule has 4 rings (SSSR count). The number of nitrogens with zero attached hydrogens (tertiary/aromatic N) is 2. The molecule has 0 unspecified atom stereocenters. The van der Waals surface area contributed by atoms with Gasteiger partial charge >= 0.3 is 0 Å². The number of nitrogens with one attached hydrogen (secondary N) is 1. The van der Waals surface area contributed by atoms with E-state index in [4.69, 9.17) is 16.3 Å². The van der Waals surface area contributed by atoms with Gasteiger partial charge in [-0.1, -0.05) is 23.7 Å². The Morgan fingerprint density at radius 3 is 2.44 bits per heavy atom. The number of likely N-dealkylation sites (tertiary alicyclic amines) is 1. The molecule has 0 bridgehead atoms. The molecule has 2 aliphatic heterocycles. The van der Waals surface area contributed by atoms with Crippen LogP contribution < -0.4 is 10.1 Å². The first-order valence-corrected chi connectivity index (χ1v) is 14.2. The molecule has 2 saturated heterocycles. The smallest absolute Gasteiger partial charge is 0.243 e. The van der Waals surface area contributed by atoms with Crippen LogP contribution in [0.5, 0.6) is 5.75 Å². The molecule has 0 radical (unpaired) electrons. The lowest BCUT2D eigenvalue weighted by Gasteiger charge is -2.31. The van der Waals surface area contributed by atoms with Crippen molar-refractivity contribution in [2.24, 2.45) is 5.92 Å². The van der Waals surface area contributed by atoms with Crippen molar-refractivity contribution in [3.63, 3.8) is 0 Å². The minimum absolute atomic E-state index is 0.0797. The number of rotatable bonds is 8. The molecule has 194 valence electrons. The summed E-state index contributed by atoms with van der Waals surface area (Å²) in [5.41, 5.74) is 1.52. The fourth-order valence-electron chi connectivity index (χ4n) is 4.64. The number of halogens is 1. The monoisotopic (exact) mass is 533 g/mol. The van der Waals surface area contributed by atoms with Gasteiger partial charge in [-0.2, -0.15) is 4.31 Å². The highest BCUT2D eigenvalue weighted by molar-refractivity contribution is 7.89. The lowest BCUT2D eigenvalue weighted by atomic mass is 9.98. The summed E-state index contributed by atoms with van der Waals surface area (Å²) in [7, 11) is -3.80. The predicted molar refractivity (Wildman–Crippen MR) is 139 cm³/mol. The number of benzene rings is 2. The van der Waals surface area contributed by atoms with Crippen LogP contribution >= 0.6 is 11.6 Å². The molecule has 2 fully saturated rings. The Balaban J connectivity index is 1.36. The van der Waals surface area contributed by atoms with Gasteiger partial charge in [-0.25, -0.2) is 8.42 Å². The van der Waals surface area contributed by atoms with E-state index in [0.717, 1.165) is 31.5 Å². The van der Waals surface area contributed by atoms with Gasteiger partial charge in [-0.3, -0.25) is 9.59 Å². The molecule has 2 heterocycles. The Hall–Kier alpha value is -2.62. The Labute approximate surface area is 217 Å². The molecule has 0 spiro atoms. The molecule has 2 aromatic rings. The van der Waals surface area contributed by atoms with E-state index in [1.54, 1.807) is 18.2 Å². The van der Waals surface area contributed by atoms with Crippen LogP contribution in [0.15, 0.2) is 47.4 Å². The fourth-order valence-corrected chi connectivity index (χ4v) is 6.49. The molecule has 1 atom stereocenters. The van der Waals surface area contributed by atoms with Gasteiger partial charge in [0, 0.05) is 31.9 Å². The van der Waals surface area contributed by atoms with E-state index in [0.29, 0.717) is 43.9 Å². The minimum atomic E-state index is -3.80. The van der Waals surface area contributed by atoms with Gasteiger partial charge < -0.3 is 15.0 Å². The van der Waals surface area contributed by atoms with Gasteiger partial charge in [0.2, 0.25) is 21.8 Å². The van der Waals surface area contributed by atoms with Gasteiger partial charge in [0.15, 0.2) is 0 Å². The molecule has 2 amide bonds. The van der Waals surface area contributed by atoms with E-state index in [1.807, 2.05) is 24.0 Å². The summed E-state index contributed by atoms with van der Waals surface area (Å²) in [4.78, 5) is 27.3. The maximum atomic E-state index is 13.2. The molecule has 1 N–H and O–H groups in total. The molecule has 2 aromatic carbocycles. The Morgan fingerprint density at radius 2 is 1.78 bits per heavy atom. The molecule has 10 heteroatoms. The topological polar surface area (TPSA) is 96.0 Å². The Bertz CT molecular complexity index is 1200. The number of piperidine rings is 1. The van der Waals surface area contributed by atoms with Crippen LogP contribution in [-0.4, -0.2) is 62.2 Å². The number of hydrogen-bond acceptors (Lipinski definition) is 5. The van der Waals surface area contributed by atoms with E-state index in [1.165, 1.54) is 16.4 Å². The van der Waals surface area contributed by atoms with E-state index in [-0.39, 0.29) is 28.3 Å². The zero-order valence-electron chi connectivity index (χ0n) is 20.4. The number of carbonyl (C=O) groups is 2. The van der Waals surface area contributed by atoms with Gasteiger partial charge in [-0.15, -0.1) is 0 Å². The average molecular weight is 534 g/mol. The van der Waals surface area contributed by atoms with Gasteiger partial charge in [0.05, 0.1) is 28.9 Å². The number of anilines is 1. The SMILES string of the molecule is CCOc1ccc(S(=O)(=O)N2CCC[C@@H](C(=O)Nc3ccc(CC(=O)N4CCCC4)cc3)C2)cc1Cl. The van der Waals surface area contributed by atoms with Gasteiger partial charge in [-0.05, 0) is 68.5 Å². The van der Waals surface area contributed by atoms with Crippen molar-refractivity contribution in [3.8, 4) is 5.75 Å². The predicted octanol–water partition coefficient (Wildman–Crippen LogP) is 3.94. The molecule has 0 aliphatic carbocycles. The van der Waals surface area contributed by atoms with Crippen molar-refractivity contribution >= 4 is 39.1 Å². The molecule has 0 aromatic heterocycles. The van der Waals surface area contributed by atoms with Crippen molar-refractivity contribution in [1.82, 2.24) is 9.21 Å². The summed E-state index contributed by atoms with van der Waals surface area (Å²) in [6, 6.07) is 11.7. The maximum absolute atomic E-state index is 13.2. The average Bonchev–Trinajstić information content (AvgIpc) is 3.42. The van der Waals surface area contributed by atoms with E-state index in [2.05, 4.69) is 5.32 Å². The van der Waals surface area contributed by atoms with Crippen molar-refractivity contribution < 1.29 is 22.7 Å². The molecule has 2 aliphatic rings. The van der Waals surface area contributed by atoms with Crippen LogP contribution in [0.1, 0.15) is 38.2 Å². The largest absolute Gasteiger partial charge is 0.492 e. The molecular formula is C26H32ClN3O5S. The summed E-state index contributed by atoms with van der Waals surface area (Å²) in [5.74, 6) is -0.134. The summed E-state index contributed by atoms with van der Waals surface area (Å²) in [6.45, 7) is 4.34. The van der Waals surface area contributed by atoms with Crippen LogP contribution in [0.25, 0.3) is 0 Å². The van der Waals surface area contributed by atoms with E-state index in [9.17, 15) is 18.0 Å². The molecule has 8 nitrogen and oxygen atoms in total. The fraction of sp³-hybridized carbons (Fsp3) is 0.462. The second kappa shape index (κ2) is 11.6. The van der Waals surface area contributed by atoms with Crippen molar-refractivity contribution in [2.75, 3.05) is 38.1 Å². The van der Waals surface area contributed by atoms with E-state index >= 15 is 0 Å². The zero-order valence-corrected chi connectivity index (χ0v) is 22.0. The number of sulfonamides is 1. The van der Waals surface area contributed by atoms with Crippen molar-refractivity contribution in [2.45, 2.75) is 43.9 Å². The zero-order chi connectivity index (χ0) is 25.7. The number of amides is 2. The Kier molecular flexibility index (Phi) is 8.54. The van der Waals surface area contributed by atoms with E-state index < -0.39 is 15.9 Å². The van der Waals surface area contributed by atoms with Crippen LogP contribution in [0.3, 0.4) is 0 Å². The quantitative estimate of drug-likeness (QED) is 0.554. The molecule has 36 heavy (non-hydrogen) atoms. The Morgan fingerprint density at radius 1 is 1.06 bits per heavy atom. The number of hydrogen-bond donors (Lipinski definition) is 1. The summed E-state index contributed by atoms with van der Waals surface area (Å²) in [5, 5.41) is 3.13. The highest BCUT2D eigenvalue weighted by atomic mass is 35.5. The normalized spacial score (nSPS) is 18.7. The van der Waals surface area contributed by atoms with Crippen LogP contribution in [-0.2, 0) is 26.0 Å². The molecule has 0 saturated carbocycles. The summed E-state index contributed by atoms with van der Waals surface area (Å²) < 4.78 is 33.2. The first-order valence-electron chi connectivity index (χ1n) is 12.4. The highest BCUT2D eigenvalue weighted by Gasteiger charge is 2.33. The summed E-state index contributed by atoms with van der Waals surface area (Å²) >= 11 is 6.20. The number of carbonyl (C=O) groups excluding carboxylic acids is 2. The highest BCUT2D eigenvalue weighted by Crippen LogP contribution is 2.31. The third-order valence-corrected chi connectivity index (χ3v) is 8.79. The standard InChI is InChI=1S/C26H32ClN3O5S/c1-2-35-24-12-11-22(17-23(24)27)36(33,34)30-15-5-6-20(18-30)26(32)28-21-9-7-19(8-10-21)16-25(31)29-13-3-4-14-29/h7-12,17,20H,2-6,13-16,18H2,1H3,(H,28,32)/t20-/m1/s1.